The number of hydrogen-bond donors (Lipinski definition) is 0. The maximum atomic E-state index is 12.9. The Bertz CT molecular complexity index is 446. The fourth-order valence-electron chi connectivity index (χ4n) is 4.81. The smallest absolute Gasteiger partial charge is 0.227 e. The van der Waals surface area contributed by atoms with Gasteiger partial charge in [0.1, 0.15) is 0 Å². The van der Waals surface area contributed by atoms with Gasteiger partial charge in [-0.25, -0.2) is 0 Å². The normalized spacial score (nSPS) is 35.4. The summed E-state index contributed by atoms with van der Waals surface area (Å²) in [5, 5.41) is 0. The Hall–Kier alpha value is -1.06. The molecule has 0 aromatic heterocycles. The average Bonchev–Trinajstić information content (AvgIpc) is 3.32. The van der Waals surface area contributed by atoms with Crippen LogP contribution in [0, 0.1) is 23.7 Å². The van der Waals surface area contributed by atoms with Gasteiger partial charge in [0, 0.05) is 32.1 Å². The molecule has 0 aromatic carbocycles. The number of carbonyl (C=O) groups excluding carboxylic acids is 2. The lowest BCUT2D eigenvalue weighted by Gasteiger charge is -2.34. The molecule has 0 radical (unpaired) electrons. The number of likely N-dealkylation sites (tertiary alicyclic amines) is 2. The largest absolute Gasteiger partial charge is 0.342 e. The highest BCUT2D eigenvalue weighted by Gasteiger charge is 2.41. The third kappa shape index (κ3) is 2.77. The van der Waals surface area contributed by atoms with Gasteiger partial charge in [0.05, 0.1) is 5.92 Å². The zero-order valence-corrected chi connectivity index (χ0v) is 13.5. The van der Waals surface area contributed by atoms with Gasteiger partial charge >= 0.3 is 0 Å². The molecule has 22 heavy (non-hydrogen) atoms. The molecule has 2 saturated carbocycles. The van der Waals surface area contributed by atoms with Crippen molar-refractivity contribution in [2.24, 2.45) is 23.7 Å². The SMILES string of the molecule is O=C(C1CC1)N1CCCC(C(=O)N2CC3CCCCC3C2)C1. The van der Waals surface area contributed by atoms with E-state index >= 15 is 0 Å². The zero-order valence-electron chi connectivity index (χ0n) is 13.5. The molecule has 2 amide bonds. The minimum absolute atomic E-state index is 0.0663. The molecule has 2 aliphatic carbocycles. The topological polar surface area (TPSA) is 40.6 Å². The molecular weight excluding hydrogens is 276 g/mol. The van der Waals surface area contributed by atoms with Crippen molar-refractivity contribution in [3.05, 3.63) is 0 Å². The maximum Gasteiger partial charge on any atom is 0.227 e. The van der Waals surface area contributed by atoms with Gasteiger partial charge in [0.2, 0.25) is 11.8 Å². The van der Waals surface area contributed by atoms with Crippen molar-refractivity contribution in [3.8, 4) is 0 Å². The van der Waals surface area contributed by atoms with E-state index in [4.69, 9.17) is 0 Å². The van der Waals surface area contributed by atoms with E-state index in [2.05, 4.69) is 4.90 Å². The second kappa shape index (κ2) is 5.86. The summed E-state index contributed by atoms with van der Waals surface area (Å²) in [4.78, 5) is 29.3. The van der Waals surface area contributed by atoms with Crippen LogP contribution in [0.25, 0.3) is 0 Å². The Kier molecular flexibility index (Phi) is 3.87. The minimum atomic E-state index is 0.0663. The van der Waals surface area contributed by atoms with Gasteiger partial charge in [-0.2, -0.15) is 0 Å². The lowest BCUT2D eigenvalue weighted by Crippen LogP contribution is -2.46. The molecule has 0 bridgehead atoms. The number of piperidine rings is 1. The first kappa shape index (κ1) is 14.5. The minimum Gasteiger partial charge on any atom is -0.342 e. The van der Waals surface area contributed by atoms with Crippen LogP contribution in [0.3, 0.4) is 0 Å². The number of carbonyl (C=O) groups is 2. The predicted octanol–water partition coefficient (Wildman–Crippen LogP) is 2.28. The van der Waals surface area contributed by atoms with Gasteiger partial charge in [0.15, 0.2) is 0 Å². The summed E-state index contributed by atoms with van der Waals surface area (Å²) in [7, 11) is 0. The number of fused-ring (bicyclic) bond motifs is 1. The summed E-state index contributed by atoms with van der Waals surface area (Å²) in [6.45, 7) is 3.51. The molecule has 4 heteroatoms. The van der Waals surface area contributed by atoms with Crippen LogP contribution in [0.5, 0.6) is 0 Å². The van der Waals surface area contributed by atoms with Crippen molar-refractivity contribution in [2.45, 2.75) is 51.4 Å². The predicted molar refractivity (Wildman–Crippen MR) is 84.1 cm³/mol. The van der Waals surface area contributed by atoms with E-state index in [0.717, 1.165) is 57.2 Å². The van der Waals surface area contributed by atoms with Crippen LogP contribution in [0.1, 0.15) is 51.4 Å². The highest BCUT2D eigenvalue weighted by Crippen LogP contribution is 2.37. The molecule has 4 rings (SSSR count). The molecule has 2 aliphatic heterocycles. The number of nitrogens with zero attached hydrogens (tertiary/aromatic N) is 2. The third-order valence-corrected chi connectivity index (χ3v) is 6.30. The highest BCUT2D eigenvalue weighted by molar-refractivity contribution is 5.83. The van der Waals surface area contributed by atoms with Crippen molar-refractivity contribution in [1.29, 1.82) is 0 Å². The van der Waals surface area contributed by atoms with Crippen molar-refractivity contribution in [3.63, 3.8) is 0 Å². The van der Waals surface area contributed by atoms with E-state index in [1.54, 1.807) is 0 Å². The fourth-order valence-corrected chi connectivity index (χ4v) is 4.81. The molecule has 0 aromatic rings. The van der Waals surface area contributed by atoms with Crippen LogP contribution in [0.2, 0.25) is 0 Å². The molecular formula is C18H28N2O2. The van der Waals surface area contributed by atoms with Crippen LogP contribution >= 0.6 is 0 Å². The lowest BCUT2D eigenvalue weighted by molar-refractivity contribution is -0.141. The Morgan fingerprint density at radius 1 is 0.636 bits per heavy atom. The quantitative estimate of drug-likeness (QED) is 0.785. The van der Waals surface area contributed by atoms with E-state index in [1.807, 2.05) is 4.90 Å². The molecule has 0 N–H and O–H groups in total. The van der Waals surface area contributed by atoms with Gasteiger partial charge in [-0.15, -0.1) is 0 Å². The molecule has 4 aliphatic rings. The zero-order chi connectivity index (χ0) is 15.1. The lowest BCUT2D eigenvalue weighted by atomic mass is 9.82. The van der Waals surface area contributed by atoms with Crippen LogP contribution in [0.4, 0.5) is 0 Å². The van der Waals surface area contributed by atoms with Crippen LogP contribution < -0.4 is 0 Å². The molecule has 4 nitrogen and oxygen atoms in total. The van der Waals surface area contributed by atoms with E-state index < -0.39 is 0 Å². The summed E-state index contributed by atoms with van der Waals surface area (Å²) in [6, 6.07) is 0. The molecule has 2 saturated heterocycles. The summed E-state index contributed by atoms with van der Waals surface area (Å²) in [5.74, 6) is 2.51. The van der Waals surface area contributed by atoms with Crippen molar-refractivity contribution in [1.82, 2.24) is 9.80 Å². The molecule has 122 valence electrons. The van der Waals surface area contributed by atoms with Crippen LogP contribution in [-0.2, 0) is 9.59 Å². The van der Waals surface area contributed by atoms with Gasteiger partial charge in [0.25, 0.3) is 0 Å². The summed E-state index contributed by atoms with van der Waals surface area (Å²) < 4.78 is 0. The second-order valence-corrected chi connectivity index (χ2v) is 7.95. The first-order chi connectivity index (χ1) is 10.7. The van der Waals surface area contributed by atoms with Crippen molar-refractivity contribution in [2.75, 3.05) is 26.2 Å². The van der Waals surface area contributed by atoms with E-state index in [-0.39, 0.29) is 11.8 Å². The van der Waals surface area contributed by atoms with E-state index in [0.29, 0.717) is 18.4 Å². The Morgan fingerprint density at radius 3 is 1.91 bits per heavy atom. The Labute approximate surface area is 133 Å². The van der Waals surface area contributed by atoms with Crippen LogP contribution in [-0.4, -0.2) is 47.8 Å². The Balaban J connectivity index is 1.36. The summed E-state index contributed by atoms with van der Waals surface area (Å²) in [5.41, 5.74) is 0. The van der Waals surface area contributed by atoms with Gasteiger partial charge in [-0.1, -0.05) is 12.8 Å². The second-order valence-electron chi connectivity index (χ2n) is 7.95. The summed E-state index contributed by atoms with van der Waals surface area (Å²) in [6.07, 6.45) is 9.39. The van der Waals surface area contributed by atoms with Crippen molar-refractivity contribution >= 4 is 11.8 Å². The maximum absolute atomic E-state index is 12.9. The molecule has 0 spiro atoms. The first-order valence-electron chi connectivity index (χ1n) is 9.30. The molecule has 4 fully saturated rings. The highest BCUT2D eigenvalue weighted by atomic mass is 16.2. The first-order valence-corrected chi connectivity index (χ1v) is 9.30. The third-order valence-electron chi connectivity index (χ3n) is 6.30. The number of rotatable bonds is 2. The average molecular weight is 304 g/mol. The molecule has 3 atom stereocenters. The van der Waals surface area contributed by atoms with E-state index in [9.17, 15) is 9.59 Å². The Morgan fingerprint density at radius 2 is 1.27 bits per heavy atom. The van der Waals surface area contributed by atoms with E-state index in [1.165, 1.54) is 25.7 Å². The van der Waals surface area contributed by atoms with Crippen molar-refractivity contribution < 1.29 is 9.59 Å². The molecule has 3 unspecified atom stereocenters. The monoisotopic (exact) mass is 304 g/mol. The standard InChI is InChI=1S/C18H28N2O2/c21-17(13-7-8-13)19-9-3-6-16(12-19)18(22)20-10-14-4-1-2-5-15(14)11-20/h13-16H,1-12H2. The van der Waals surface area contributed by atoms with Gasteiger partial charge in [-0.3, -0.25) is 9.59 Å². The van der Waals surface area contributed by atoms with Gasteiger partial charge in [-0.05, 0) is 50.4 Å². The van der Waals surface area contributed by atoms with Gasteiger partial charge < -0.3 is 9.80 Å². The fraction of sp³-hybridized carbons (Fsp3) is 0.889. The number of amides is 2. The van der Waals surface area contributed by atoms with Crippen LogP contribution in [0.15, 0.2) is 0 Å². The number of hydrogen-bond acceptors (Lipinski definition) is 2. The molecule has 2 heterocycles. The summed E-state index contributed by atoms with van der Waals surface area (Å²) >= 11 is 0.